The van der Waals surface area contributed by atoms with Gasteiger partial charge in [-0.15, -0.1) is 0 Å². The zero-order valence-corrected chi connectivity index (χ0v) is 6.69. The summed E-state index contributed by atoms with van der Waals surface area (Å²) in [5, 5.41) is 3.23. The molecule has 0 radical (unpaired) electrons. The van der Waals surface area contributed by atoms with E-state index in [1.165, 1.54) is 25.2 Å². The average molecular weight is 140 g/mol. The van der Waals surface area contributed by atoms with Crippen molar-refractivity contribution >= 4 is 0 Å². The second-order valence-corrected chi connectivity index (χ2v) is 2.81. The van der Waals surface area contributed by atoms with Crippen molar-refractivity contribution in [3.05, 3.63) is 12.3 Å². The molecule has 0 unspecified atom stereocenters. The number of hydrogen-bond acceptors (Lipinski definition) is 2. The maximum Gasteiger partial charge on any atom is 0.0376 e. The Bertz CT molecular complexity index is 118. The van der Waals surface area contributed by atoms with Crippen molar-refractivity contribution in [2.75, 3.05) is 26.2 Å². The minimum absolute atomic E-state index is 1.04. The fourth-order valence-electron chi connectivity index (χ4n) is 1.30. The van der Waals surface area contributed by atoms with Crippen LogP contribution in [0.4, 0.5) is 0 Å². The molecular weight excluding hydrogens is 124 g/mol. The minimum atomic E-state index is 1.04. The topological polar surface area (TPSA) is 15.3 Å². The van der Waals surface area contributed by atoms with Gasteiger partial charge in [-0.05, 0) is 13.0 Å². The monoisotopic (exact) mass is 140 g/mol. The fourth-order valence-corrected chi connectivity index (χ4v) is 1.30. The first kappa shape index (κ1) is 7.61. The highest BCUT2D eigenvalue weighted by Gasteiger charge is 2.09. The molecule has 1 aliphatic rings. The van der Waals surface area contributed by atoms with Crippen LogP contribution in [0.2, 0.25) is 0 Å². The Morgan fingerprint density at radius 1 is 1.70 bits per heavy atom. The Balaban J connectivity index is 2.25. The predicted octanol–water partition coefficient (Wildman–Crippen LogP) is 0.815. The van der Waals surface area contributed by atoms with Crippen LogP contribution in [-0.2, 0) is 0 Å². The number of piperazine rings is 1. The van der Waals surface area contributed by atoms with Gasteiger partial charge in [-0.25, -0.2) is 0 Å². The molecule has 2 nitrogen and oxygen atoms in total. The Morgan fingerprint density at radius 3 is 3.10 bits per heavy atom. The molecule has 0 spiro atoms. The van der Waals surface area contributed by atoms with Gasteiger partial charge in [0.1, 0.15) is 0 Å². The highest BCUT2D eigenvalue weighted by molar-refractivity contribution is 4.97. The van der Waals surface area contributed by atoms with Crippen LogP contribution in [0, 0.1) is 0 Å². The molecule has 0 saturated carbocycles. The fraction of sp³-hybridized carbons (Fsp3) is 0.750. The smallest absolute Gasteiger partial charge is 0.0376 e. The van der Waals surface area contributed by atoms with Crippen molar-refractivity contribution < 1.29 is 0 Å². The van der Waals surface area contributed by atoms with E-state index in [0.717, 1.165) is 13.1 Å². The van der Waals surface area contributed by atoms with Crippen LogP contribution < -0.4 is 5.32 Å². The van der Waals surface area contributed by atoms with E-state index in [9.17, 15) is 0 Å². The first-order valence-electron chi connectivity index (χ1n) is 3.97. The molecular formula is C8H16N2. The molecule has 10 heavy (non-hydrogen) atoms. The summed E-state index contributed by atoms with van der Waals surface area (Å²) < 4.78 is 0. The second kappa shape index (κ2) is 3.62. The van der Waals surface area contributed by atoms with Gasteiger partial charge >= 0.3 is 0 Å². The maximum absolute atomic E-state index is 3.89. The van der Waals surface area contributed by atoms with Gasteiger partial charge in [-0.3, -0.25) is 4.90 Å². The lowest BCUT2D eigenvalue weighted by molar-refractivity contribution is 0.268. The largest absolute Gasteiger partial charge is 0.386 e. The molecule has 0 aliphatic carbocycles. The average Bonchev–Trinajstić information content (AvgIpc) is 1.88. The molecule has 0 bridgehead atoms. The van der Waals surface area contributed by atoms with Crippen molar-refractivity contribution in [2.24, 2.45) is 0 Å². The van der Waals surface area contributed by atoms with Gasteiger partial charge in [-0.1, -0.05) is 13.5 Å². The van der Waals surface area contributed by atoms with Crippen LogP contribution in [-0.4, -0.2) is 31.1 Å². The van der Waals surface area contributed by atoms with Gasteiger partial charge in [-0.2, -0.15) is 0 Å². The summed E-state index contributed by atoms with van der Waals surface area (Å²) >= 11 is 0. The van der Waals surface area contributed by atoms with Crippen LogP contribution in [0.1, 0.15) is 13.3 Å². The Kier molecular flexibility index (Phi) is 2.75. The zero-order valence-electron chi connectivity index (χ0n) is 6.69. The van der Waals surface area contributed by atoms with Crippen molar-refractivity contribution in [1.29, 1.82) is 0 Å². The lowest BCUT2D eigenvalue weighted by Gasteiger charge is -2.28. The van der Waals surface area contributed by atoms with Crippen LogP contribution >= 0.6 is 0 Å². The molecule has 1 rings (SSSR count). The van der Waals surface area contributed by atoms with E-state index < -0.39 is 0 Å². The lowest BCUT2D eigenvalue weighted by Crippen LogP contribution is -2.41. The van der Waals surface area contributed by atoms with Crippen LogP contribution in [0.3, 0.4) is 0 Å². The van der Waals surface area contributed by atoms with E-state index in [1.807, 2.05) is 0 Å². The summed E-state index contributed by atoms with van der Waals surface area (Å²) in [5.41, 5.74) is 1.17. The number of rotatable bonds is 2. The molecule has 0 amide bonds. The van der Waals surface area contributed by atoms with Gasteiger partial charge in [0, 0.05) is 25.3 Å². The highest BCUT2D eigenvalue weighted by Crippen LogP contribution is 1.99. The summed E-state index contributed by atoms with van der Waals surface area (Å²) in [4.78, 5) is 2.43. The van der Waals surface area contributed by atoms with E-state index in [4.69, 9.17) is 0 Å². The van der Waals surface area contributed by atoms with Gasteiger partial charge in [0.25, 0.3) is 0 Å². The standard InChI is InChI=1S/C8H16N2/c1-3-5-10-6-4-9-8(2)7-10/h9H,2-7H2,1H3. The van der Waals surface area contributed by atoms with Gasteiger partial charge in [0.2, 0.25) is 0 Å². The number of hydrogen-bond donors (Lipinski definition) is 1. The van der Waals surface area contributed by atoms with Crippen molar-refractivity contribution in [1.82, 2.24) is 10.2 Å². The summed E-state index contributed by atoms with van der Waals surface area (Å²) in [5.74, 6) is 0. The lowest BCUT2D eigenvalue weighted by atomic mass is 10.3. The third-order valence-electron chi connectivity index (χ3n) is 1.76. The molecule has 1 N–H and O–H groups in total. The second-order valence-electron chi connectivity index (χ2n) is 2.81. The van der Waals surface area contributed by atoms with Gasteiger partial charge in [0.05, 0.1) is 0 Å². The number of nitrogens with zero attached hydrogens (tertiary/aromatic N) is 1. The molecule has 0 aromatic heterocycles. The van der Waals surface area contributed by atoms with Crippen LogP contribution in [0.5, 0.6) is 0 Å². The molecule has 1 fully saturated rings. The zero-order chi connectivity index (χ0) is 7.40. The normalized spacial score (nSPS) is 20.7. The van der Waals surface area contributed by atoms with E-state index in [-0.39, 0.29) is 0 Å². The third-order valence-corrected chi connectivity index (χ3v) is 1.76. The Hall–Kier alpha value is -0.500. The molecule has 0 atom stereocenters. The summed E-state index contributed by atoms with van der Waals surface area (Å²) in [6.45, 7) is 10.6. The van der Waals surface area contributed by atoms with Crippen LogP contribution in [0.25, 0.3) is 0 Å². The predicted molar refractivity (Wildman–Crippen MR) is 43.9 cm³/mol. The molecule has 1 heterocycles. The highest BCUT2D eigenvalue weighted by atomic mass is 15.2. The quantitative estimate of drug-likeness (QED) is 0.610. The third kappa shape index (κ3) is 2.03. The van der Waals surface area contributed by atoms with E-state index in [1.54, 1.807) is 0 Å². The van der Waals surface area contributed by atoms with Gasteiger partial charge in [0.15, 0.2) is 0 Å². The molecule has 58 valence electrons. The molecule has 2 heteroatoms. The van der Waals surface area contributed by atoms with Gasteiger partial charge < -0.3 is 5.32 Å². The van der Waals surface area contributed by atoms with Crippen LogP contribution in [0.15, 0.2) is 12.3 Å². The Labute approximate surface area is 62.9 Å². The minimum Gasteiger partial charge on any atom is -0.386 e. The first-order chi connectivity index (χ1) is 4.83. The maximum atomic E-state index is 3.89. The summed E-state index contributed by atoms with van der Waals surface area (Å²) in [7, 11) is 0. The summed E-state index contributed by atoms with van der Waals surface area (Å²) in [6, 6.07) is 0. The van der Waals surface area contributed by atoms with E-state index in [2.05, 4.69) is 23.7 Å². The van der Waals surface area contributed by atoms with Crippen molar-refractivity contribution in [3.63, 3.8) is 0 Å². The summed E-state index contributed by atoms with van der Waals surface area (Å²) in [6.07, 6.45) is 1.24. The first-order valence-corrected chi connectivity index (χ1v) is 3.97. The molecule has 0 aromatic rings. The number of nitrogens with one attached hydrogen (secondary N) is 1. The molecule has 1 aliphatic heterocycles. The van der Waals surface area contributed by atoms with E-state index in [0.29, 0.717) is 0 Å². The molecule has 1 saturated heterocycles. The van der Waals surface area contributed by atoms with E-state index >= 15 is 0 Å². The SMILES string of the molecule is C=C1CN(CCC)CCN1. The Morgan fingerprint density at radius 2 is 2.50 bits per heavy atom. The molecule has 0 aromatic carbocycles. The van der Waals surface area contributed by atoms with Crippen molar-refractivity contribution in [3.8, 4) is 0 Å². The van der Waals surface area contributed by atoms with Crippen molar-refractivity contribution in [2.45, 2.75) is 13.3 Å².